The van der Waals surface area contributed by atoms with Gasteiger partial charge in [0.2, 0.25) is 0 Å². The third kappa shape index (κ3) is 2.98. The molecule has 1 amide bonds. The molecule has 98 valence electrons. The quantitative estimate of drug-likeness (QED) is 0.757. The van der Waals surface area contributed by atoms with E-state index in [-0.39, 0.29) is 5.91 Å². The van der Waals surface area contributed by atoms with Gasteiger partial charge in [0.15, 0.2) is 0 Å². The van der Waals surface area contributed by atoms with E-state index in [4.69, 9.17) is 5.73 Å². The molecule has 3 N–H and O–H groups in total. The predicted molar refractivity (Wildman–Crippen MR) is 85.4 cm³/mol. The van der Waals surface area contributed by atoms with Crippen LogP contribution in [0, 0.1) is 6.92 Å². The second kappa shape index (κ2) is 5.75. The van der Waals surface area contributed by atoms with Crippen LogP contribution in [-0.2, 0) is 0 Å². The molecule has 0 saturated heterocycles. The lowest BCUT2D eigenvalue weighted by atomic mass is 10.1. The number of benzene rings is 2. The van der Waals surface area contributed by atoms with E-state index in [1.807, 2.05) is 25.1 Å². The van der Waals surface area contributed by atoms with Crippen molar-refractivity contribution in [2.24, 2.45) is 0 Å². The molecule has 19 heavy (non-hydrogen) atoms. The van der Waals surface area contributed by atoms with Gasteiger partial charge < -0.3 is 11.1 Å². The summed E-state index contributed by atoms with van der Waals surface area (Å²) in [6.45, 7) is 1.97. The molecule has 0 atom stereocenters. The highest BCUT2D eigenvalue weighted by molar-refractivity contribution is 9.11. The Morgan fingerprint density at radius 1 is 1.11 bits per heavy atom. The van der Waals surface area contributed by atoms with Gasteiger partial charge in [0.25, 0.3) is 5.91 Å². The number of anilines is 2. The zero-order chi connectivity index (χ0) is 14.0. The molecule has 0 aliphatic carbocycles. The summed E-state index contributed by atoms with van der Waals surface area (Å²) in [5, 5.41) is 2.86. The van der Waals surface area contributed by atoms with Gasteiger partial charge >= 0.3 is 0 Å². The van der Waals surface area contributed by atoms with Crippen molar-refractivity contribution in [3.8, 4) is 0 Å². The number of carbonyl (C=O) groups is 1. The topological polar surface area (TPSA) is 55.1 Å². The number of nitrogen functional groups attached to an aromatic ring is 1. The summed E-state index contributed by atoms with van der Waals surface area (Å²) >= 11 is 6.79. The van der Waals surface area contributed by atoms with Crippen molar-refractivity contribution >= 4 is 49.1 Å². The first-order chi connectivity index (χ1) is 9.00. The Balaban J connectivity index is 2.31. The number of carbonyl (C=O) groups excluding carboxylic acids is 1. The minimum atomic E-state index is -0.203. The van der Waals surface area contributed by atoms with Crippen LogP contribution < -0.4 is 11.1 Å². The summed E-state index contributed by atoms with van der Waals surface area (Å²) < 4.78 is 1.49. The van der Waals surface area contributed by atoms with Crippen LogP contribution in [0.3, 0.4) is 0 Å². The molecule has 0 unspecified atom stereocenters. The summed E-state index contributed by atoms with van der Waals surface area (Å²) in [4.78, 5) is 12.2. The van der Waals surface area contributed by atoms with Crippen LogP contribution in [0.2, 0.25) is 0 Å². The first kappa shape index (κ1) is 14.1. The Bertz CT molecular complexity index is 641. The minimum Gasteiger partial charge on any atom is -0.398 e. The highest BCUT2D eigenvalue weighted by Crippen LogP contribution is 2.28. The maximum absolute atomic E-state index is 12.2. The van der Waals surface area contributed by atoms with E-state index in [9.17, 15) is 4.79 Å². The van der Waals surface area contributed by atoms with Gasteiger partial charge in [0.1, 0.15) is 0 Å². The fourth-order valence-electron chi connectivity index (χ4n) is 1.66. The van der Waals surface area contributed by atoms with Crippen molar-refractivity contribution < 1.29 is 4.79 Å². The van der Waals surface area contributed by atoms with E-state index in [2.05, 4.69) is 37.2 Å². The molecule has 0 aliphatic rings. The van der Waals surface area contributed by atoms with Gasteiger partial charge in [-0.05, 0) is 62.5 Å². The summed E-state index contributed by atoms with van der Waals surface area (Å²) in [5.41, 5.74) is 8.61. The molecular weight excluding hydrogens is 372 g/mol. The normalized spacial score (nSPS) is 10.3. The monoisotopic (exact) mass is 382 g/mol. The molecule has 0 saturated carbocycles. The number of nitrogens with two attached hydrogens (primary N) is 1. The van der Waals surface area contributed by atoms with E-state index in [1.54, 1.807) is 18.2 Å². The average Bonchev–Trinajstić information content (AvgIpc) is 2.38. The Kier molecular flexibility index (Phi) is 4.27. The average molecular weight is 384 g/mol. The van der Waals surface area contributed by atoms with Crippen molar-refractivity contribution in [3.05, 3.63) is 56.5 Å². The Labute approximate surface area is 128 Å². The fraction of sp³-hybridized carbons (Fsp3) is 0.0714. The minimum absolute atomic E-state index is 0.203. The standard InChI is InChI=1S/C14H12Br2N2O/c1-8-4-2-7-11(12(8)15)18-14(19)9-5-3-6-10(17)13(9)16/h2-7H,17H2,1H3,(H,18,19). The van der Waals surface area contributed by atoms with Crippen molar-refractivity contribution in [1.82, 2.24) is 0 Å². The Morgan fingerprint density at radius 3 is 2.53 bits per heavy atom. The highest BCUT2D eigenvalue weighted by Gasteiger charge is 2.13. The number of rotatable bonds is 2. The van der Waals surface area contributed by atoms with E-state index in [0.717, 1.165) is 15.7 Å². The molecule has 3 nitrogen and oxygen atoms in total. The number of amides is 1. The highest BCUT2D eigenvalue weighted by atomic mass is 79.9. The largest absolute Gasteiger partial charge is 0.398 e. The summed E-state index contributed by atoms with van der Waals surface area (Å²) in [5.74, 6) is -0.203. The van der Waals surface area contributed by atoms with Crippen molar-refractivity contribution in [2.75, 3.05) is 11.1 Å². The van der Waals surface area contributed by atoms with E-state index in [0.29, 0.717) is 15.7 Å². The van der Waals surface area contributed by atoms with Crippen LogP contribution in [0.25, 0.3) is 0 Å². The Morgan fingerprint density at radius 2 is 1.79 bits per heavy atom. The molecule has 0 heterocycles. The number of halogens is 2. The van der Waals surface area contributed by atoms with Crippen LogP contribution in [0.1, 0.15) is 15.9 Å². The number of nitrogens with one attached hydrogen (secondary N) is 1. The van der Waals surface area contributed by atoms with Gasteiger partial charge in [-0.1, -0.05) is 18.2 Å². The van der Waals surface area contributed by atoms with Crippen LogP contribution in [0.15, 0.2) is 45.3 Å². The molecule has 0 aliphatic heterocycles. The molecule has 0 bridgehead atoms. The van der Waals surface area contributed by atoms with Gasteiger partial charge in [0, 0.05) is 10.2 Å². The lowest BCUT2D eigenvalue weighted by molar-refractivity contribution is 0.102. The second-order valence-electron chi connectivity index (χ2n) is 4.10. The second-order valence-corrected chi connectivity index (χ2v) is 5.69. The van der Waals surface area contributed by atoms with Crippen molar-refractivity contribution in [1.29, 1.82) is 0 Å². The third-order valence-corrected chi connectivity index (χ3v) is 4.65. The number of aryl methyl sites for hydroxylation is 1. The molecule has 5 heteroatoms. The molecule has 0 spiro atoms. The molecular formula is C14H12Br2N2O. The molecule has 2 aromatic carbocycles. The first-order valence-electron chi connectivity index (χ1n) is 5.61. The van der Waals surface area contributed by atoms with Crippen LogP contribution in [-0.4, -0.2) is 5.91 Å². The van der Waals surface area contributed by atoms with Gasteiger partial charge in [-0.15, -0.1) is 0 Å². The number of hydrogen-bond acceptors (Lipinski definition) is 2. The van der Waals surface area contributed by atoms with Crippen molar-refractivity contribution in [2.45, 2.75) is 6.92 Å². The van der Waals surface area contributed by atoms with Gasteiger partial charge in [-0.25, -0.2) is 0 Å². The maximum Gasteiger partial charge on any atom is 0.256 e. The van der Waals surface area contributed by atoms with Crippen molar-refractivity contribution in [3.63, 3.8) is 0 Å². The lowest BCUT2D eigenvalue weighted by Crippen LogP contribution is -2.13. The van der Waals surface area contributed by atoms with Gasteiger partial charge in [0.05, 0.1) is 15.7 Å². The Hall–Kier alpha value is -1.33. The van der Waals surface area contributed by atoms with Gasteiger partial charge in [-0.3, -0.25) is 4.79 Å². The smallest absolute Gasteiger partial charge is 0.256 e. The summed E-state index contributed by atoms with van der Waals surface area (Å²) in [6.07, 6.45) is 0. The third-order valence-electron chi connectivity index (χ3n) is 2.71. The number of hydrogen-bond donors (Lipinski definition) is 2. The van der Waals surface area contributed by atoms with Gasteiger partial charge in [-0.2, -0.15) is 0 Å². The molecule has 2 rings (SSSR count). The van der Waals surface area contributed by atoms with Crippen LogP contribution in [0.4, 0.5) is 11.4 Å². The maximum atomic E-state index is 12.2. The summed E-state index contributed by atoms with van der Waals surface area (Å²) in [7, 11) is 0. The summed E-state index contributed by atoms with van der Waals surface area (Å²) in [6, 6.07) is 10.9. The first-order valence-corrected chi connectivity index (χ1v) is 7.19. The molecule has 2 aromatic rings. The van der Waals surface area contributed by atoms with Crippen LogP contribution in [0.5, 0.6) is 0 Å². The van der Waals surface area contributed by atoms with E-state index < -0.39 is 0 Å². The zero-order valence-corrected chi connectivity index (χ0v) is 13.4. The lowest BCUT2D eigenvalue weighted by Gasteiger charge is -2.11. The van der Waals surface area contributed by atoms with E-state index in [1.165, 1.54) is 0 Å². The SMILES string of the molecule is Cc1cccc(NC(=O)c2cccc(N)c2Br)c1Br. The zero-order valence-electron chi connectivity index (χ0n) is 10.2. The fourth-order valence-corrected chi connectivity index (χ4v) is 2.47. The predicted octanol–water partition coefficient (Wildman–Crippen LogP) is 4.35. The molecule has 0 radical (unpaired) electrons. The molecule has 0 fully saturated rings. The van der Waals surface area contributed by atoms with Crippen LogP contribution >= 0.6 is 31.9 Å². The molecule has 0 aromatic heterocycles. The van der Waals surface area contributed by atoms with E-state index >= 15 is 0 Å².